The molecule has 0 spiro atoms. The van der Waals surface area contributed by atoms with Crippen LogP contribution in [-0.2, 0) is 13.0 Å². The number of fused-ring (bicyclic) bond motifs is 2. The fourth-order valence-corrected chi connectivity index (χ4v) is 4.83. The van der Waals surface area contributed by atoms with E-state index in [1.54, 1.807) is 18.9 Å². The van der Waals surface area contributed by atoms with Gasteiger partial charge in [-0.25, -0.2) is 0 Å². The minimum absolute atomic E-state index is 0.667. The van der Waals surface area contributed by atoms with E-state index < -0.39 is 0 Å². The highest BCUT2D eigenvalue weighted by Crippen LogP contribution is 2.35. The van der Waals surface area contributed by atoms with Gasteiger partial charge in [-0.1, -0.05) is 0 Å². The van der Waals surface area contributed by atoms with Gasteiger partial charge in [-0.05, 0) is 42.7 Å². The van der Waals surface area contributed by atoms with Crippen LogP contribution in [0.4, 0.5) is 0 Å². The summed E-state index contributed by atoms with van der Waals surface area (Å²) >= 11 is 0. The number of aromatic nitrogens is 4. The molecule has 1 fully saturated rings. The zero-order chi connectivity index (χ0) is 19.9. The molecule has 7 heteroatoms. The number of nitrogens with one attached hydrogen (secondary N) is 1. The standard InChI is InChI=1S/C23H24N6O/c1-2-22-21(9-20(1)29-15-25-26-16-29)18(10-24-22)3-6-28-7-4-19-12-27(13-23(19)28)11-17-5-8-30-14-17/h1-2,5,8-10,13-16,19,24H,3-4,6-7,11-12H2. The first kappa shape index (κ1) is 17.4. The van der Waals surface area contributed by atoms with E-state index in [1.165, 1.54) is 34.1 Å². The summed E-state index contributed by atoms with van der Waals surface area (Å²) in [5.74, 6) is 0.667. The van der Waals surface area contributed by atoms with Crippen molar-refractivity contribution in [2.45, 2.75) is 19.4 Å². The summed E-state index contributed by atoms with van der Waals surface area (Å²) < 4.78 is 7.16. The Balaban J connectivity index is 1.17. The molecule has 1 N–H and O–H groups in total. The molecule has 7 nitrogen and oxygen atoms in total. The molecule has 30 heavy (non-hydrogen) atoms. The van der Waals surface area contributed by atoms with Crippen LogP contribution in [0.2, 0.25) is 0 Å². The zero-order valence-electron chi connectivity index (χ0n) is 16.7. The Bertz CT molecular complexity index is 1170. The monoisotopic (exact) mass is 400 g/mol. The van der Waals surface area contributed by atoms with Crippen LogP contribution < -0.4 is 0 Å². The quantitative estimate of drug-likeness (QED) is 0.536. The lowest BCUT2D eigenvalue weighted by atomic mass is 10.1. The summed E-state index contributed by atoms with van der Waals surface area (Å²) in [4.78, 5) is 8.42. The molecular weight excluding hydrogens is 376 g/mol. The summed E-state index contributed by atoms with van der Waals surface area (Å²) in [5.41, 5.74) is 6.36. The minimum atomic E-state index is 0.667. The second kappa shape index (κ2) is 7.09. The third-order valence-corrected chi connectivity index (χ3v) is 6.39. The summed E-state index contributed by atoms with van der Waals surface area (Å²) in [5, 5.41) is 9.12. The van der Waals surface area contributed by atoms with Crippen LogP contribution in [0.5, 0.6) is 0 Å². The summed E-state index contributed by atoms with van der Waals surface area (Å²) in [6, 6.07) is 8.50. The smallest absolute Gasteiger partial charge is 0.123 e. The molecule has 1 saturated heterocycles. The van der Waals surface area contributed by atoms with Crippen molar-refractivity contribution < 1.29 is 4.42 Å². The highest BCUT2D eigenvalue weighted by atomic mass is 16.3. The van der Waals surface area contributed by atoms with Crippen molar-refractivity contribution in [1.82, 2.24) is 29.5 Å². The van der Waals surface area contributed by atoms with Gasteiger partial charge in [-0.2, -0.15) is 0 Å². The van der Waals surface area contributed by atoms with Crippen molar-refractivity contribution in [2.75, 3.05) is 19.6 Å². The molecule has 1 aromatic carbocycles. The SMILES string of the molecule is C1=C2C(CCN2CCc2c[nH]c3ccc(-n4cnnc4)cc23)CN1Cc1ccoc1. The third kappa shape index (κ3) is 3.07. The van der Waals surface area contributed by atoms with E-state index in [1.807, 2.05) is 10.8 Å². The van der Waals surface area contributed by atoms with E-state index >= 15 is 0 Å². The maximum atomic E-state index is 5.22. The third-order valence-electron chi connectivity index (χ3n) is 6.39. The van der Waals surface area contributed by atoms with Gasteiger partial charge in [0, 0.05) is 72.3 Å². The van der Waals surface area contributed by atoms with E-state index in [9.17, 15) is 0 Å². The average Bonchev–Trinajstić information content (AvgIpc) is 3.55. The Morgan fingerprint density at radius 3 is 2.97 bits per heavy atom. The van der Waals surface area contributed by atoms with Crippen LogP contribution in [-0.4, -0.2) is 49.2 Å². The molecule has 3 aromatic heterocycles. The van der Waals surface area contributed by atoms with Crippen LogP contribution in [0.3, 0.4) is 0 Å². The highest BCUT2D eigenvalue weighted by Gasteiger charge is 2.33. The number of aromatic amines is 1. The Kier molecular flexibility index (Phi) is 4.11. The Morgan fingerprint density at radius 2 is 2.10 bits per heavy atom. The van der Waals surface area contributed by atoms with Crippen LogP contribution >= 0.6 is 0 Å². The maximum absolute atomic E-state index is 5.22. The number of furan rings is 1. The second-order valence-electron chi connectivity index (χ2n) is 8.25. The normalized spacial score (nSPS) is 18.4. The number of nitrogens with zero attached hydrogens (tertiary/aromatic N) is 5. The second-order valence-corrected chi connectivity index (χ2v) is 8.25. The number of hydrogen-bond donors (Lipinski definition) is 1. The molecule has 0 amide bonds. The predicted octanol–water partition coefficient (Wildman–Crippen LogP) is 3.56. The van der Waals surface area contributed by atoms with Crippen molar-refractivity contribution in [3.05, 3.63) is 78.7 Å². The van der Waals surface area contributed by atoms with Gasteiger partial charge in [0.05, 0.1) is 12.5 Å². The molecule has 0 bridgehead atoms. The Hall–Kier alpha value is -3.48. The summed E-state index contributed by atoms with van der Waals surface area (Å²) in [7, 11) is 0. The van der Waals surface area contributed by atoms with Gasteiger partial charge in [-0.15, -0.1) is 10.2 Å². The molecule has 5 heterocycles. The fraction of sp³-hybridized carbons (Fsp3) is 0.304. The van der Waals surface area contributed by atoms with Gasteiger partial charge in [0.25, 0.3) is 0 Å². The molecular formula is C23H24N6O. The zero-order valence-corrected chi connectivity index (χ0v) is 16.7. The minimum Gasteiger partial charge on any atom is -0.472 e. The lowest BCUT2D eigenvalue weighted by Crippen LogP contribution is -2.21. The number of benzene rings is 1. The largest absolute Gasteiger partial charge is 0.472 e. The van der Waals surface area contributed by atoms with E-state index in [-0.39, 0.29) is 0 Å². The van der Waals surface area contributed by atoms with E-state index in [4.69, 9.17) is 4.42 Å². The van der Waals surface area contributed by atoms with Gasteiger partial charge in [0.2, 0.25) is 0 Å². The first-order valence-electron chi connectivity index (χ1n) is 10.5. The molecule has 2 aliphatic rings. The van der Waals surface area contributed by atoms with E-state index in [0.29, 0.717) is 5.92 Å². The van der Waals surface area contributed by atoms with Crippen molar-refractivity contribution in [3.63, 3.8) is 0 Å². The lowest BCUT2D eigenvalue weighted by Gasteiger charge is -2.20. The molecule has 152 valence electrons. The van der Waals surface area contributed by atoms with Crippen LogP contribution in [0, 0.1) is 5.92 Å². The molecule has 0 saturated carbocycles. The van der Waals surface area contributed by atoms with Crippen LogP contribution in [0.25, 0.3) is 16.6 Å². The number of hydrogen-bond acceptors (Lipinski definition) is 5. The van der Waals surface area contributed by atoms with Gasteiger partial charge in [0.1, 0.15) is 12.7 Å². The number of rotatable bonds is 6. The molecule has 6 rings (SSSR count). The van der Waals surface area contributed by atoms with Gasteiger partial charge in [-0.3, -0.25) is 4.57 Å². The molecule has 1 atom stereocenters. The molecule has 2 aliphatic heterocycles. The fourth-order valence-electron chi connectivity index (χ4n) is 4.83. The van der Waals surface area contributed by atoms with E-state index in [0.717, 1.165) is 38.3 Å². The van der Waals surface area contributed by atoms with Crippen molar-refractivity contribution >= 4 is 10.9 Å². The Morgan fingerprint density at radius 1 is 1.17 bits per heavy atom. The van der Waals surface area contributed by atoms with Gasteiger partial charge in [0.15, 0.2) is 0 Å². The lowest BCUT2D eigenvalue weighted by molar-refractivity contribution is 0.352. The maximum Gasteiger partial charge on any atom is 0.123 e. The number of likely N-dealkylation sites (tertiary alicyclic amines) is 1. The molecule has 4 aromatic rings. The highest BCUT2D eigenvalue weighted by molar-refractivity contribution is 5.85. The predicted molar refractivity (Wildman–Crippen MR) is 114 cm³/mol. The molecule has 0 aliphatic carbocycles. The van der Waals surface area contributed by atoms with Gasteiger partial charge < -0.3 is 19.2 Å². The van der Waals surface area contributed by atoms with Crippen LogP contribution in [0.15, 0.2) is 72.0 Å². The van der Waals surface area contributed by atoms with Crippen molar-refractivity contribution in [3.8, 4) is 5.69 Å². The number of H-pyrrole nitrogens is 1. The van der Waals surface area contributed by atoms with Crippen molar-refractivity contribution in [2.24, 2.45) is 5.92 Å². The topological polar surface area (TPSA) is 66.1 Å². The summed E-state index contributed by atoms with van der Waals surface area (Å²) in [6.07, 6.45) is 13.9. The summed E-state index contributed by atoms with van der Waals surface area (Å²) in [6.45, 7) is 4.25. The van der Waals surface area contributed by atoms with Gasteiger partial charge >= 0.3 is 0 Å². The van der Waals surface area contributed by atoms with E-state index in [2.05, 4.69) is 61.6 Å². The average molecular weight is 400 g/mol. The molecule has 1 unspecified atom stereocenters. The van der Waals surface area contributed by atoms with Crippen molar-refractivity contribution in [1.29, 1.82) is 0 Å². The molecule has 0 radical (unpaired) electrons. The first-order valence-corrected chi connectivity index (χ1v) is 10.5. The Labute approximate surface area is 174 Å². The first-order chi connectivity index (χ1) is 14.8. The van der Waals surface area contributed by atoms with Crippen LogP contribution in [0.1, 0.15) is 17.5 Å².